The van der Waals surface area contributed by atoms with Crippen LogP contribution in [0.2, 0.25) is 0 Å². The van der Waals surface area contributed by atoms with Crippen molar-refractivity contribution in [2.24, 2.45) is 16.8 Å². The van der Waals surface area contributed by atoms with Gasteiger partial charge in [0.1, 0.15) is 5.75 Å². The number of unbranched alkanes of at least 4 members (excludes halogenated alkanes) is 1. The topological polar surface area (TPSA) is 80.7 Å². The molecule has 0 aromatic carbocycles. The lowest BCUT2D eigenvalue weighted by atomic mass is 10.0. The van der Waals surface area contributed by atoms with Crippen molar-refractivity contribution in [3.63, 3.8) is 0 Å². The second-order valence-electron chi connectivity index (χ2n) is 4.56. The van der Waals surface area contributed by atoms with Crippen molar-refractivity contribution in [3.8, 4) is 5.75 Å². The smallest absolute Gasteiger partial charge is 0.192 e. The number of aromatic nitrogens is 1. The van der Waals surface area contributed by atoms with Crippen LogP contribution >= 0.6 is 0 Å². The average Bonchev–Trinajstić information content (AvgIpc) is 2.47. The van der Waals surface area contributed by atoms with Crippen LogP contribution in [0.4, 0.5) is 0 Å². The van der Waals surface area contributed by atoms with E-state index >= 15 is 0 Å². The molecule has 5 heteroatoms. The van der Waals surface area contributed by atoms with Crippen LogP contribution in [0.25, 0.3) is 0 Å². The summed E-state index contributed by atoms with van der Waals surface area (Å²) in [7, 11) is 0. The maximum absolute atomic E-state index is 8.72. The first-order valence-corrected chi connectivity index (χ1v) is 6.78. The fourth-order valence-corrected chi connectivity index (χ4v) is 1.85. The predicted molar refractivity (Wildman–Crippen MR) is 75.5 cm³/mol. The van der Waals surface area contributed by atoms with Gasteiger partial charge >= 0.3 is 0 Å². The molecule has 19 heavy (non-hydrogen) atoms. The van der Waals surface area contributed by atoms with Crippen LogP contribution in [0.15, 0.2) is 23.5 Å². The van der Waals surface area contributed by atoms with Crippen molar-refractivity contribution in [1.29, 1.82) is 0 Å². The molecule has 1 unspecified atom stereocenters. The number of hydrogen-bond acceptors (Lipinski definition) is 4. The Bertz CT molecular complexity index is 407. The molecule has 0 bridgehead atoms. The van der Waals surface area contributed by atoms with Crippen molar-refractivity contribution < 1.29 is 9.94 Å². The van der Waals surface area contributed by atoms with Crippen molar-refractivity contribution in [3.05, 3.63) is 24.0 Å². The van der Waals surface area contributed by atoms with E-state index in [4.69, 9.17) is 15.7 Å². The minimum atomic E-state index is -0.0304. The first-order valence-electron chi connectivity index (χ1n) is 6.78. The molecule has 3 N–H and O–H groups in total. The molecule has 1 atom stereocenters. The lowest BCUT2D eigenvalue weighted by Crippen LogP contribution is -2.18. The molecular weight excluding hydrogens is 242 g/mol. The van der Waals surface area contributed by atoms with Gasteiger partial charge in [0.25, 0.3) is 0 Å². The average molecular weight is 265 g/mol. The molecule has 0 saturated carbocycles. The largest absolute Gasteiger partial charge is 0.491 e. The van der Waals surface area contributed by atoms with Gasteiger partial charge in [-0.25, -0.2) is 4.98 Å². The lowest BCUT2D eigenvalue weighted by molar-refractivity contribution is 0.232. The molecular formula is C14H23N3O2. The van der Waals surface area contributed by atoms with Gasteiger partial charge in [0.15, 0.2) is 11.5 Å². The first-order chi connectivity index (χ1) is 9.22. The van der Waals surface area contributed by atoms with Crippen LogP contribution in [0, 0.1) is 5.92 Å². The number of amidine groups is 1. The fraction of sp³-hybridized carbons (Fsp3) is 0.571. The van der Waals surface area contributed by atoms with Gasteiger partial charge in [-0.05, 0) is 24.5 Å². The van der Waals surface area contributed by atoms with Crippen molar-refractivity contribution >= 4 is 5.84 Å². The maximum Gasteiger partial charge on any atom is 0.192 e. The molecule has 0 spiro atoms. The molecule has 106 valence electrons. The van der Waals surface area contributed by atoms with E-state index in [1.165, 1.54) is 12.8 Å². The summed E-state index contributed by atoms with van der Waals surface area (Å²) in [4.78, 5) is 4.07. The molecule has 5 nitrogen and oxygen atoms in total. The van der Waals surface area contributed by atoms with Gasteiger partial charge in [-0.3, -0.25) is 0 Å². The Hall–Kier alpha value is -1.78. The minimum Gasteiger partial charge on any atom is -0.491 e. The summed E-state index contributed by atoms with van der Waals surface area (Å²) in [6, 6.07) is 3.56. The fourth-order valence-electron chi connectivity index (χ4n) is 1.85. The van der Waals surface area contributed by atoms with Gasteiger partial charge in [0, 0.05) is 6.20 Å². The summed E-state index contributed by atoms with van der Waals surface area (Å²) in [5, 5.41) is 11.7. The van der Waals surface area contributed by atoms with Gasteiger partial charge in [-0.1, -0.05) is 38.3 Å². The standard InChI is InChI=1S/C14H23N3O2/c1-3-5-7-11(4-2)10-19-12-8-6-9-16-13(12)14(15)17-18/h6,8-9,11,18H,3-5,7,10H2,1-2H3,(H2,15,17). The molecule has 0 aliphatic carbocycles. The van der Waals surface area contributed by atoms with Crippen LogP contribution < -0.4 is 10.5 Å². The highest BCUT2D eigenvalue weighted by molar-refractivity contribution is 5.97. The number of pyridine rings is 1. The number of ether oxygens (including phenoxy) is 1. The van der Waals surface area contributed by atoms with Crippen molar-refractivity contribution in [2.45, 2.75) is 39.5 Å². The summed E-state index contributed by atoms with van der Waals surface area (Å²) in [5.74, 6) is 1.06. The van der Waals surface area contributed by atoms with Gasteiger partial charge < -0.3 is 15.7 Å². The molecule has 0 radical (unpaired) electrons. The third-order valence-electron chi connectivity index (χ3n) is 3.14. The van der Waals surface area contributed by atoms with E-state index in [0.29, 0.717) is 24.0 Å². The van der Waals surface area contributed by atoms with Crippen LogP contribution in [0.3, 0.4) is 0 Å². The Morgan fingerprint density at radius 2 is 2.32 bits per heavy atom. The summed E-state index contributed by atoms with van der Waals surface area (Å²) < 4.78 is 5.78. The van der Waals surface area contributed by atoms with Crippen LogP contribution in [-0.2, 0) is 0 Å². The van der Waals surface area contributed by atoms with Gasteiger partial charge in [0.2, 0.25) is 0 Å². The first kappa shape index (κ1) is 15.3. The summed E-state index contributed by atoms with van der Waals surface area (Å²) in [6.07, 6.45) is 6.24. The minimum absolute atomic E-state index is 0.0304. The number of hydrogen-bond donors (Lipinski definition) is 2. The summed E-state index contributed by atoms with van der Waals surface area (Å²) in [5.41, 5.74) is 5.96. The molecule has 0 saturated heterocycles. The van der Waals surface area contributed by atoms with E-state index in [0.717, 1.165) is 12.8 Å². The van der Waals surface area contributed by atoms with E-state index in [1.54, 1.807) is 18.3 Å². The third kappa shape index (κ3) is 4.77. The highest BCUT2D eigenvalue weighted by atomic mass is 16.5. The third-order valence-corrected chi connectivity index (χ3v) is 3.14. The zero-order valence-electron chi connectivity index (χ0n) is 11.7. The predicted octanol–water partition coefficient (Wildman–Crippen LogP) is 2.77. The number of rotatable bonds is 8. The number of oxime groups is 1. The van der Waals surface area contributed by atoms with Crippen molar-refractivity contribution in [2.75, 3.05) is 6.61 Å². The molecule has 0 fully saturated rings. The molecule has 0 amide bonds. The number of nitrogens with zero attached hydrogens (tertiary/aromatic N) is 2. The Morgan fingerprint density at radius 3 is 2.95 bits per heavy atom. The van der Waals surface area contributed by atoms with Gasteiger partial charge in [-0.15, -0.1) is 0 Å². The van der Waals surface area contributed by atoms with Gasteiger partial charge in [-0.2, -0.15) is 0 Å². The second-order valence-corrected chi connectivity index (χ2v) is 4.56. The lowest BCUT2D eigenvalue weighted by Gasteiger charge is -2.16. The van der Waals surface area contributed by atoms with E-state index in [1.807, 2.05) is 0 Å². The zero-order valence-corrected chi connectivity index (χ0v) is 11.7. The Kier molecular flexibility index (Phi) is 6.71. The van der Waals surface area contributed by atoms with Gasteiger partial charge in [0.05, 0.1) is 6.61 Å². The van der Waals surface area contributed by atoms with Crippen LogP contribution in [0.5, 0.6) is 5.75 Å². The van der Waals surface area contributed by atoms with Crippen LogP contribution in [0.1, 0.15) is 45.2 Å². The van der Waals surface area contributed by atoms with E-state index < -0.39 is 0 Å². The quantitative estimate of drug-likeness (QED) is 0.328. The second kappa shape index (κ2) is 8.34. The van der Waals surface area contributed by atoms with E-state index in [2.05, 4.69) is 24.0 Å². The molecule has 1 aromatic rings. The molecule has 1 rings (SSSR count). The van der Waals surface area contributed by atoms with E-state index in [9.17, 15) is 0 Å². The molecule has 1 aromatic heterocycles. The monoisotopic (exact) mass is 265 g/mol. The molecule has 0 aliphatic heterocycles. The highest BCUT2D eigenvalue weighted by Gasteiger charge is 2.12. The highest BCUT2D eigenvalue weighted by Crippen LogP contribution is 2.19. The Labute approximate surface area is 114 Å². The number of nitrogens with two attached hydrogens (primary N) is 1. The Balaban J connectivity index is 2.66. The van der Waals surface area contributed by atoms with Crippen LogP contribution in [-0.4, -0.2) is 22.6 Å². The molecule has 0 aliphatic rings. The summed E-state index contributed by atoms with van der Waals surface area (Å²) >= 11 is 0. The normalized spacial score (nSPS) is 13.3. The maximum atomic E-state index is 8.72. The van der Waals surface area contributed by atoms with E-state index in [-0.39, 0.29) is 5.84 Å². The zero-order chi connectivity index (χ0) is 14.1. The Morgan fingerprint density at radius 1 is 1.53 bits per heavy atom. The SMILES string of the molecule is CCCCC(CC)COc1cccnc1/C(N)=N/O. The van der Waals surface area contributed by atoms with Crippen molar-refractivity contribution in [1.82, 2.24) is 4.98 Å². The molecule has 1 heterocycles. The summed E-state index contributed by atoms with van der Waals surface area (Å²) in [6.45, 7) is 4.98.